The van der Waals surface area contributed by atoms with Gasteiger partial charge in [0, 0.05) is 11.4 Å². The van der Waals surface area contributed by atoms with E-state index in [1.54, 1.807) is 6.07 Å². The average Bonchev–Trinajstić information content (AvgIpc) is 2.49. The van der Waals surface area contributed by atoms with E-state index in [0.29, 0.717) is 5.69 Å². The van der Waals surface area contributed by atoms with Crippen LogP contribution in [0.3, 0.4) is 0 Å². The SMILES string of the molecule is Cc1cc(C(=O)NCCS(N)(=O)=O)ns1. The summed E-state index contributed by atoms with van der Waals surface area (Å²) >= 11 is 1.22. The topological polar surface area (TPSA) is 102 Å². The second kappa shape index (κ2) is 4.69. The van der Waals surface area contributed by atoms with Gasteiger partial charge in [0.05, 0.1) is 5.75 Å². The van der Waals surface area contributed by atoms with Gasteiger partial charge in [-0.05, 0) is 24.5 Å². The Kier molecular flexibility index (Phi) is 3.77. The highest BCUT2D eigenvalue weighted by atomic mass is 32.2. The Morgan fingerprint density at radius 2 is 2.33 bits per heavy atom. The minimum atomic E-state index is -3.53. The highest BCUT2D eigenvalue weighted by molar-refractivity contribution is 7.89. The number of rotatable bonds is 4. The number of sulfonamides is 1. The van der Waals surface area contributed by atoms with Crippen molar-refractivity contribution in [3.05, 3.63) is 16.6 Å². The third-order valence-electron chi connectivity index (χ3n) is 1.53. The van der Waals surface area contributed by atoms with Crippen molar-refractivity contribution in [2.45, 2.75) is 6.92 Å². The summed E-state index contributed by atoms with van der Waals surface area (Å²) in [5.74, 6) is -0.662. The fourth-order valence-corrected chi connectivity index (χ4v) is 1.80. The van der Waals surface area contributed by atoms with E-state index >= 15 is 0 Å². The molecule has 15 heavy (non-hydrogen) atoms. The van der Waals surface area contributed by atoms with Crippen LogP contribution >= 0.6 is 11.5 Å². The number of nitrogens with one attached hydrogen (secondary N) is 1. The number of aromatic nitrogens is 1. The van der Waals surface area contributed by atoms with E-state index in [2.05, 4.69) is 9.69 Å². The molecule has 0 saturated carbocycles. The molecule has 0 saturated heterocycles. The van der Waals surface area contributed by atoms with Crippen molar-refractivity contribution in [3.8, 4) is 0 Å². The molecule has 1 aromatic rings. The maximum absolute atomic E-state index is 11.3. The monoisotopic (exact) mass is 249 g/mol. The fraction of sp³-hybridized carbons (Fsp3) is 0.429. The molecule has 0 fully saturated rings. The number of carbonyl (C=O) groups excluding carboxylic acids is 1. The average molecular weight is 249 g/mol. The van der Waals surface area contributed by atoms with Crippen molar-refractivity contribution in [1.29, 1.82) is 0 Å². The molecule has 1 rings (SSSR count). The van der Waals surface area contributed by atoms with Crippen LogP contribution in [-0.4, -0.2) is 31.0 Å². The van der Waals surface area contributed by atoms with Crippen molar-refractivity contribution in [1.82, 2.24) is 9.69 Å². The Morgan fingerprint density at radius 3 is 2.80 bits per heavy atom. The Balaban J connectivity index is 2.44. The Hall–Kier alpha value is -0.990. The van der Waals surface area contributed by atoms with Gasteiger partial charge >= 0.3 is 0 Å². The molecule has 1 heterocycles. The third kappa shape index (κ3) is 4.36. The lowest BCUT2D eigenvalue weighted by molar-refractivity contribution is 0.0952. The summed E-state index contributed by atoms with van der Waals surface area (Å²) in [7, 11) is -3.53. The Bertz CT molecular complexity index is 452. The summed E-state index contributed by atoms with van der Waals surface area (Å²) in [5.41, 5.74) is 0.298. The van der Waals surface area contributed by atoms with Crippen LogP contribution in [0.1, 0.15) is 15.4 Å². The zero-order valence-corrected chi connectivity index (χ0v) is 9.69. The number of hydrogen-bond acceptors (Lipinski definition) is 5. The molecule has 0 radical (unpaired) electrons. The Morgan fingerprint density at radius 1 is 1.67 bits per heavy atom. The zero-order chi connectivity index (χ0) is 11.5. The summed E-state index contributed by atoms with van der Waals surface area (Å²) in [4.78, 5) is 12.3. The van der Waals surface area contributed by atoms with Crippen LogP contribution in [0.15, 0.2) is 6.07 Å². The van der Waals surface area contributed by atoms with Crippen LogP contribution in [-0.2, 0) is 10.0 Å². The molecular weight excluding hydrogens is 238 g/mol. The minimum Gasteiger partial charge on any atom is -0.350 e. The van der Waals surface area contributed by atoms with Gasteiger partial charge in [-0.15, -0.1) is 0 Å². The summed E-state index contributed by atoms with van der Waals surface area (Å²) in [5, 5.41) is 7.19. The van der Waals surface area contributed by atoms with E-state index in [1.165, 1.54) is 11.5 Å². The molecule has 6 nitrogen and oxygen atoms in total. The standard InChI is InChI=1S/C7H11N3O3S2/c1-5-4-6(10-14-5)7(11)9-2-3-15(8,12)13/h4H,2-3H2,1H3,(H,9,11)(H2,8,12,13). The second-order valence-electron chi connectivity index (χ2n) is 2.95. The van der Waals surface area contributed by atoms with Crippen molar-refractivity contribution >= 4 is 27.5 Å². The van der Waals surface area contributed by atoms with E-state index in [-0.39, 0.29) is 18.2 Å². The number of nitrogens with zero attached hydrogens (tertiary/aromatic N) is 1. The summed E-state index contributed by atoms with van der Waals surface area (Å²) in [6.45, 7) is 1.83. The molecule has 0 unspecified atom stereocenters. The molecule has 1 aromatic heterocycles. The highest BCUT2D eigenvalue weighted by Crippen LogP contribution is 2.07. The molecular formula is C7H11N3O3S2. The van der Waals surface area contributed by atoms with E-state index in [1.807, 2.05) is 6.92 Å². The predicted octanol–water partition coefficient (Wildman–Crippen LogP) is -0.530. The molecule has 0 aromatic carbocycles. The molecule has 0 aliphatic carbocycles. The minimum absolute atomic E-state index is 0.00571. The lowest BCUT2D eigenvalue weighted by Crippen LogP contribution is -2.31. The van der Waals surface area contributed by atoms with Crippen LogP contribution in [0.5, 0.6) is 0 Å². The van der Waals surface area contributed by atoms with Crippen molar-refractivity contribution < 1.29 is 13.2 Å². The van der Waals surface area contributed by atoms with Crippen LogP contribution in [0.2, 0.25) is 0 Å². The maximum atomic E-state index is 11.3. The molecule has 1 amide bonds. The number of hydrogen-bond donors (Lipinski definition) is 2. The van der Waals surface area contributed by atoms with Gasteiger partial charge in [0.2, 0.25) is 10.0 Å². The summed E-state index contributed by atoms with van der Waals surface area (Å²) < 4.78 is 25.0. The van der Waals surface area contributed by atoms with Gasteiger partial charge in [-0.25, -0.2) is 13.6 Å². The number of carbonyl (C=O) groups is 1. The molecule has 0 aliphatic rings. The molecule has 0 spiro atoms. The van der Waals surface area contributed by atoms with Crippen molar-refractivity contribution in [3.63, 3.8) is 0 Å². The lowest BCUT2D eigenvalue weighted by Gasteiger charge is -2.00. The number of aryl methyl sites for hydroxylation is 1. The van der Waals surface area contributed by atoms with Gasteiger partial charge in [0.25, 0.3) is 5.91 Å². The molecule has 3 N–H and O–H groups in total. The van der Waals surface area contributed by atoms with E-state index in [4.69, 9.17) is 5.14 Å². The van der Waals surface area contributed by atoms with Crippen molar-refractivity contribution in [2.75, 3.05) is 12.3 Å². The van der Waals surface area contributed by atoms with Crippen LogP contribution in [0.25, 0.3) is 0 Å². The largest absolute Gasteiger partial charge is 0.350 e. The van der Waals surface area contributed by atoms with E-state index in [9.17, 15) is 13.2 Å². The normalized spacial score (nSPS) is 11.3. The Labute approximate surface area is 91.7 Å². The zero-order valence-electron chi connectivity index (χ0n) is 8.06. The quantitative estimate of drug-likeness (QED) is 0.748. The van der Waals surface area contributed by atoms with Gasteiger partial charge in [-0.1, -0.05) is 0 Å². The van der Waals surface area contributed by atoms with Crippen LogP contribution < -0.4 is 10.5 Å². The molecule has 0 atom stereocenters. The van der Waals surface area contributed by atoms with Gasteiger partial charge in [-0.2, -0.15) is 4.37 Å². The van der Waals surface area contributed by atoms with Gasteiger partial charge < -0.3 is 5.32 Å². The predicted molar refractivity (Wildman–Crippen MR) is 57.2 cm³/mol. The molecule has 84 valence electrons. The third-order valence-corrected chi connectivity index (χ3v) is 3.00. The maximum Gasteiger partial charge on any atom is 0.271 e. The summed E-state index contributed by atoms with van der Waals surface area (Å²) in [6.07, 6.45) is 0. The molecule has 0 bridgehead atoms. The number of primary sulfonamides is 1. The highest BCUT2D eigenvalue weighted by Gasteiger charge is 2.10. The first kappa shape index (κ1) is 12.1. The van der Waals surface area contributed by atoms with Crippen LogP contribution in [0, 0.1) is 6.92 Å². The number of nitrogens with two attached hydrogens (primary N) is 1. The van der Waals surface area contributed by atoms with Crippen molar-refractivity contribution in [2.24, 2.45) is 5.14 Å². The smallest absolute Gasteiger partial charge is 0.271 e. The van der Waals surface area contributed by atoms with E-state index < -0.39 is 10.0 Å². The second-order valence-corrected chi connectivity index (χ2v) is 5.69. The lowest BCUT2D eigenvalue weighted by atomic mass is 10.3. The molecule has 0 aliphatic heterocycles. The molecule has 8 heteroatoms. The fourth-order valence-electron chi connectivity index (χ4n) is 0.871. The summed E-state index contributed by atoms with van der Waals surface area (Å²) in [6, 6.07) is 1.64. The first-order valence-corrected chi connectivity index (χ1v) is 6.59. The first-order chi connectivity index (χ1) is 6.88. The van der Waals surface area contributed by atoms with Crippen LogP contribution in [0.4, 0.5) is 0 Å². The van der Waals surface area contributed by atoms with Gasteiger partial charge in [-0.3, -0.25) is 4.79 Å². The van der Waals surface area contributed by atoms with E-state index in [0.717, 1.165) is 4.88 Å². The van der Waals surface area contributed by atoms with Gasteiger partial charge in [0.15, 0.2) is 0 Å². The number of amides is 1. The van der Waals surface area contributed by atoms with Gasteiger partial charge in [0.1, 0.15) is 5.69 Å². The first-order valence-electron chi connectivity index (χ1n) is 4.10.